The number of likely N-dealkylation sites (tertiary alicyclic amines) is 1. The number of anilines is 1. The van der Waals surface area contributed by atoms with Crippen LogP contribution in [0.1, 0.15) is 48.4 Å². The molecule has 29 heavy (non-hydrogen) atoms. The van der Waals surface area contributed by atoms with Gasteiger partial charge in [0.15, 0.2) is 0 Å². The van der Waals surface area contributed by atoms with Gasteiger partial charge in [0, 0.05) is 37.7 Å². The second kappa shape index (κ2) is 8.07. The second-order valence-electron chi connectivity index (χ2n) is 7.95. The van der Waals surface area contributed by atoms with Crippen LogP contribution in [-0.2, 0) is 11.2 Å². The molecule has 2 N–H and O–H groups in total. The van der Waals surface area contributed by atoms with Crippen molar-refractivity contribution in [2.45, 2.75) is 33.1 Å². The molecule has 0 atom stereocenters. The lowest BCUT2D eigenvalue weighted by Gasteiger charge is -2.30. The van der Waals surface area contributed by atoms with E-state index in [1.165, 1.54) is 6.92 Å². The zero-order valence-electron chi connectivity index (χ0n) is 16.9. The minimum atomic E-state index is -0.0838. The molecule has 1 fully saturated rings. The highest BCUT2D eigenvalue weighted by Gasteiger charge is 2.21. The standard InChI is InChI=1S/C23H26N4O2/c1-15-9-11-27(12-10-15)23(29)18-5-8-20-21(14-18)26-22(25-20)13-17-3-6-19(7-4-17)24-16(2)28/h3-8,14-15H,9-13H2,1-2H3,(H,24,28)(H,25,26). The Kier molecular flexibility index (Phi) is 5.34. The zero-order chi connectivity index (χ0) is 20.4. The highest BCUT2D eigenvalue weighted by atomic mass is 16.2. The lowest BCUT2D eigenvalue weighted by molar-refractivity contribution is -0.114. The smallest absolute Gasteiger partial charge is 0.253 e. The van der Waals surface area contributed by atoms with E-state index < -0.39 is 0 Å². The fourth-order valence-corrected chi connectivity index (χ4v) is 3.78. The Balaban J connectivity index is 1.48. The van der Waals surface area contributed by atoms with Crippen LogP contribution in [0.25, 0.3) is 11.0 Å². The third-order valence-electron chi connectivity index (χ3n) is 5.49. The number of imidazole rings is 1. The number of piperidine rings is 1. The van der Waals surface area contributed by atoms with Gasteiger partial charge in [0.2, 0.25) is 5.91 Å². The van der Waals surface area contributed by atoms with Gasteiger partial charge in [-0.25, -0.2) is 4.98 Å². The molecule has 0 aliphatic carbocycles. The molecule has 150 valence electrons. The summed E-state index contributed by atoms with van der Waals surface area (Å²) in [4.78, 5) is 33.9. The van der Waals surface area contributed by atoms with Crippen LogP contribution in [0.2, 0.25) is 0 Å². The van der Waals surface area contributed by atoms with Crippen LogP contribution >= 0.6 is 0 Å². The number of aromatic nitrogens is 2. The van der Waals surface area contributed by atoms with E-state index in [4.69, 9.17) is 0 Å². The summed E-state index contributed by atoms with van der Waals surface area (Å²) in [5.41, 5.74) is 4.32. The molecule has 4 rings (SSSR count). The molecule has 2 aromatic carbocycles. The molecule has 1 aliphatic heterocycles. The van der Waals surface area contributed by atoms with Gasteiger partial charge in [0.05, 0.1) is 11.0 Å². The lowest BCUT2D eigenvalue weighted by Crippen LogP contribution is -2.37. The lowest BCUT2D eigenvalue weighted by atomic mass is 9.98. The molecule has 2 heterocycles. The third kappa shape index (κ3) is 4.47. The number of fused-ring (bicyclic) bond motifs is 1. The highest BCUT2D eigenvalue weighted by Crippen LogP contribution is 2.21. The van der Waals surface area contributed by atoms with Crippen molar-refractivity contribution < 1.29 is 9.59 Å². The van der Waals surface area contributed by atoms with Crippen molar-refractivity contribution >= 4 is 28.5 Å². The fraction of sp³-hybridized carbons (Fsp3) is 0.348. The predicted molar refractivity (Wildman–Crippen MR) is 114 cm³/mol. The second-order valence-corrected chi connectivity index (χ2v) is 7.95. The molecule has 0 spiro atoms. The number of nitrogens with one attached hydrogen (secondary N) is 2. The van der Waals surface area contributed by atoms with E-state index in [1.807, 2.05) is 47.4 Å². The van der Waals surface area contributed by atoms with Gasteiger partial charge in [-0.2, -0.15) is 0 Å². The van der Waals surface area contributed by atoms with Crippen molar-refractivity contribution in [3.05, 3.63) is 59.4 Å². The molecule has 3 aromatic rings. The molecular weight excluding hydrogens is 364 g/mol. The van der Waals surface area contributed by atoms with Crippen molar-refractivity contribution in [1.29, 1.82) is 0 Å². The summed E-state index contributed by atoms with van der Waals surface area (Å²) < 4.78 is 0. The quantitative estimate of drug-likeness (QED) is 0.707. The van der Waals surface area contributed by atoms with Gasteiger partial charge in [-0.05, 0) is 54.7 Å². The third-order valence-corrected chi connectivity index (χ3v) is 5.49. The Morgan fingerprint density at radius 3 is 2.55 bits per heavy atom. The van der Waals surface area contributed by atoms with E-state index in [0.717, 1.165) is 54.0 Å². The molecule has 6 heteroatoms. The summed E-state index contributed by atoms with van der Waals surface area (Å²) in [6.07, 6.45) is 2.80. The van der Waals surface area contributed by atoms with Crippen LogP contribution in [0.3, 0.4) is 0 Å². The van der Waals surface area contributed by atoms with Crippen molar-refractivity contribution in [1.82, 2.24) is 14.9 Å². The van der Waals surface area contributed by atoms with Gasteiger partial charge < -0.3 is 15.2 Å². The van der Waals surface area contributed by atoms with Crippen molar-refractivity contribution in [3.8, 4) is 0 Å². The van der Waals surface area contributed by atoms with Gasteiger partial charge in [-0.3, -0.25) is 9.59 Å². The average Bonchev–Trinajstić information content (AvgIpc) is 3.10. The molecule has 0 unspecified atom stereocenters. The van der Waals surface area contributed by atoms with Gasteiger partial charge in [0.1, 0.15) is 5.82 Å². The van der Waals surface area contributed by atoms with E-state index in [1.54, 1.807) is 0 Å². The average molecular weight is 390 g/mol. The minimum Gasteiger partial charge on any atom is -0.342 e. The summed E-state index contributed by atoms with van der Waals surface area (Å²) in [7, 11) is 0. The number of aromatic amines is 1. The largest absolute Gasteiger partial charge is 0.342 e. The molecule has 1 aromatic heterocycles. The van der Waals surface area contributed by atoms with Crippen LogP contribution < -0.4 is 5.32 Å². The molecule has 1 saturated heterocycles. The molecule has 2 amide bonds. The number of benzene rings is 2. The number of nitrogens with zero attached hydrogens (tertiary/aromatic N) is 2. The van der Waals surface area contributed by atoms with Crippen molar-refractivity contribution in [3.63, 3.8) is 0 Å². The van der Waals surface area contributed by atoms with Gasteiger partial charge in [0.25, 0.3) is 5.91 Å². The van der Waals surface area contributed by atoms with Crippen LogP contribution in [-0.4, -0.2) is 39.8 Å². The Bertz CT molecular complexity index is 1030. The molecule has 0 radical (unpaired) electrons. The van der Waals surface area contributed by atoms with E-state index >= 15 is 0 Å². The van der Waals surface area contributed by atoms with Gasteiger partial charge in [-0.15, -0.1) is 0 Å². The van der Waals surface area contributed by atoms with Crippen LogP contribution in [0.5, 0.6) is 0 Å². The van der Waals surface area contributed by atoms with Crippen LogP contribution in [0.4, 0.5) is 5.69 Å². The summed E-state index contributed by atoms with van der Waals surface area (Å²) in [6, 6.07) is 13.4. The molecule has 6 nitrogen and oxygen atoms in total. The number of hydrogen-bond donors (Lipinski definition) is 2. The van der Waals surface area contributed by atoms with Crippen molar-refractivity contribution in [2.24, 2.45) is 5.92 Å². The summed E-state index contributed by atoms with van der Waals surface area (Å²) in [5.74, 6) is 1.57. The monoisotopic (exact) mass is 390 g/mol. The first-order valence-electron chi connectivity index (χ1n) is 10.1. The first-order valence-corrected chi connectivity index (χ1v) is 10.1. The normalized spacial score (nSPS) is 14.9. The van der Waals surface area contributed by atoms with E-state index in [-0.39, 0.29) is 11.8 Å². The Hall–Kier alpha value is -3.15. The zero-order valence-corrected chi connectivity index (χ0v) is 16.9. The maximum atomic E-state index is 12.8. The molecule has 0 bridgehead atoms. The minimum absolute atomic E-state index is 0.0838. The number of hydrogen-bond acceptors (Lipinski definition) is 3. The predicted octanol–water partition coefficient (Wildman–Crippen LogP) is 3.98. The maximum Gasteiger partial charge on any atom is 0.253 e. The number of amides is 2. The number of H-pyrrole nitrogens is 1. The summed E-state index contributed by atoms with van der Waals surface area (Å²) >= 11 is 0. The van der Waals surface area contributed by atoms with Crippen molar-refractivity contribution in [2.75, 3.05) is 18.4 Å². The van der Waals surface area contributed by atoms with E-state index in [9.17, 15) is 9.59 Å². The van der Waals surface area contributed by atoms with Crippen LogP contribution in [0, 0.1) is 5.92 Å². The molecule has 0 saturated carbocycles. The highest BCUT2D eigenvalue weighted by molar-refractivity contribution is 5.97. The van der Waals surface area contributed by atoms with Crippen LogP contribution in [0.15, 0.2) is 42.5 Å². The SMILES string of the molecule is CC(=O)Nc1ccc(Cc2nc3ccc(C(=O)N4CCC(C)CC4)cc3[nH]2)cc1. The first kappa shape index (κ1) is 19.2. The topological polar surface area (TPSA) is 78.1 Å². The fourth-order valence-electron chi connectivity index (χ4n) is 3.78. The Morgan fingerprint density at radius 2 is 1.86 bits per heavy atom. The Morgan fingerprint density at radius 1 is 1.14 bits per heavy atom. The van der Waals surface area contributed by atoms with E-state index in [0.29, 0.717) is 17.9 Å². The number of rotatable bonds is 4. The number of carbonyl (C=O) groups excluding carboxylic acids is 2. The summed E-state index contributed by atoms with van der Waals surface area (Å²) in [6.45, 7) is 5.40. The van der Waals surface area contributed by atoms with Gasteiger partial charge in [-0.1, -0.05) is 19.1 Å². The number of carbonyl (C=O) groups is 2. The molecule has 1 aliphatic rings. The van der Waals surface area contributed by atoms with E-state index in [2.05, 4.69) is 22.2 Å². The molecular formula is C23H26N4O2. The van der Waals surface area contributed by atoms with Gasteiger partial charge >= 0.3 is 0 Å². The first-order chi connectivity index (χ1) is 14.0. The summed E-state index contributed by atoms with van der Waals surface area (Å²) in [5, 5.41) is 2.77. The Labute approximate surface area is 170 Å². The maximum absolute atomic E-state index is 12.8.